The van der Waals surface area contributed by atoms with Crippen molar-refractivity contribution in [1.82, 2.24) is 0 Å². The molecule has 0 saturated heterocycles. The third-order valence-electron chi connectivity index (χ3n) is 1.90. The van der Waals surface area contributed by atoms with Crippen molar-refractivity contribution in [3.05, 3.63) is 30.1 Å². The molecule has 1 N–H and O–H groups in total. The quantitative estimate of drug-likeness (QED) is 0.831. The average Bonchev–Trinajstić information content (AvgIpc) is 2.18. The summed E-state index contributed by atoms with van der Waals surface area (Å²) in [6.45, 7) is 1.79. The van der Waals surface area contributed by atoms with Crippen molar-refractivity contribution in [2.45, 2.75) is 24.3 Å². The van der Waals surface area contributed by atoms with Crippen molar-refractivity contribution in [2.24, 2.45) is 0 Å². The third kappa shape index (κ3) is 2.89. The standard InChI is InChI=1S/C10H13FO2S/c1-2-8(12)7-14(13)10-6-4-3-5-9(10)11/h3-6,8,12H,2,7H2,1H3. The van der Waals surface area contributed by atoms with Crippen molar-refractivity contribution in [3.63, 3.8) is 0 Å². The number of benzene rings is 1. The number of aliphatic hydroxyl groups excluding tert-OH is 1. The number of aliphatic hydroxyl groups is 1. The summed E-state index contributed by atoms with van der Waals surface area (Å²) in [6.07, 6.45) is -0.101. The molecule has 2 nitrogen and oxygen atoms in total. The van der Waals surface area contributed by atoms with Crippen LogP contribution in [0.15, 0.2) is 29.2 Å². The maximum absolute atomic E-state index is 13.1. The molecule has 1 aromatic carbocycles. The highest BCUT2D eigenvalue weighted by Crippen LogP contribution is 2.12. The van der Waals surface area contributed by atoms with Gasteiger partial charge in [-0.1, -0.05) is 19.1 Å². The summed E-state index contributed by atoms with van der Waals surface area (Å²) in [4.78, 5) is 0.167. The van der Waals surface area contributed by atoms with Crippen molar-refractivity contribution in [1.29, 1.82) is 0 Å². The molecule has 0 radical (unpaired) electrons. The second-order valence-corrected chi connectivity index (χ2v) is 4.47. The van der Waals surface area contributed by atoms with Crippen molar-refractivity contribution >= 4 is 10.8 Å². The highest BCUT2D eigenvalue weighted by atomic mass is 32.2. The van der Waals surface area contributed by atoms with Gasteiger partial charge in [0, 0.05) is 0 Å². The summed E-state index contributed by atoms with van der Waals surface area (Å²) in [5.74, 6) is -0.383. The summed E-state index contributed by atoms with van der Waals surface area (Å²) in [6, 6.07) is 5.93. The van der Waals surface area contributed by atoms with E-state index in [1.54, 1.807) is 19.1 Å². The van der Waals surface area contributed by atoms with Crippen LogP contribution in [0.25, 0.3) is 0 Å². The van der Waals surface area contributed by atoms with Gasteiger partial charge in [-0.3, -0.25) is 4.21 Å². The highest BCUT2D eigenvalue weighted by Gasteiger charge is 2.12. The summed E-state index contributed by atoms with van der Waals surface area (Å²) in [5, 5.41) is 9.27. The Bertz CT molecular complexity index is 328. The minimum Gasteiger partial charge on any atom is -0.392 e. The number of rotatable bonds is 4. The first kappa shape index (κ1) is 11.3. The lowest BCUT2D eigenvalue weighted by atomic mass is 10.3. The van der Waals surface area contributed by atoms with Crippen molar-refractivity contribution < 1.29 is 13.7 Å². The molecule has 1 aromatic rings. The molecule has 0 heterocycles. The Morgan fingerprint density at radius 2 is 2.14 bits per heavy atom. The molecule has 0 saturated carbocycles. The Morgan fingerprint density at radius 3 is 2.71 bits per heavy atom. The van der Waals surface area contributed by atoms with Gasteiger partial charge in [-0.05, 0) is 18.6 Å². The predicted molar refractivity (Wildman–Crippen MR) is 54.0 cm³/mol. The van der Waals surface area contributed by atoms with Gasteiger partial charge in [0.1, 0.15) is 5.82 Å². The molecule has 4 heteroatoms. The van der Waals surface area contributed by atoms with E-state index < -0.39 is 22.7 Å². The maximum atomic E-state index is 13.1. The van der Waals surface area contributed by atoms with Gasteiger partial charge < -0.3 is 5.11 Å². The topological polar surface area (TPSA) is 37.3 Å². The lowest BCUT2D eigenvalue weighted by Gasteiger charge is -2.07. The monoisotopic (exact) mass is 216 g/mol. The fourth-order valence-electron chi connectivity index (χ4n) is 1.01. The minimum atomic E-state index is -1.45. The molecule has 0 aliphatic carbocycles. The van der Waals surface area contributed by atoms with E-state index in [0.29, 0.717) is 6.42 Å². The van der Waals surface area contributed by atoms with Crippen LogP contribution in [0, 0.1) is 5.82 Å². The summed E-state index contributed by atoms with van der Waals surface area (Å²) >= 11 is 0. The summed E-state index contributed by atoms with van der Waals surface area (Å²) in [5.41, 5.74) is 0. The van der Waals surface area contributed by atoms with Crippen LogP contribution in [0.1, 0.15) is 13.3 Å². The molecule has 78 valence electrons. The third-order valence-corrected chi connectivity index (χ3v) is 3.41. The van der Waals surface area contributed by atoms with Crippen LogP contribution in [0.3, 0.4) is 0 Å². The van der Waals surface area contributed by atoms with E-state index in [4.69, 9.17) is 0 Å². The molecule has 2 atom stereocenters. The van der Waals surface area contributed by atoms with Crippen LogP contribution < -0.4 is 0 Å². The van der Waals surface area contributed by atoms with Crippen molar-refractivity contribution in [3.8, 4) is 0 Å². The maximum Gasteiger partial charge on any atom is 0.139 e. The molecule has 14 heavy (non-hydrogen) atoms. The van der Waals surface area contributed by atoms with Crippen LogP contribution in [0.5, 0.6) is 0 Å². The lowest BCUT2D eigenvalue weighted by Crippen LogP contribution is -2.16. The Morgan fingerprint density at radius 1 is 1.50 bits per heavy atom. The first-order chi connectivity index (χ1) is 6.65. The molecule has 0 aromatic heterocycles. The van der Waals surface area contributed by atoms with Gasteiger partial charge in [-0.2, -0.15) is 0 Å². The number of hydrogen-bond acceptors (Lipinski definition) is 2. The zero-order chi connectivity index (χ0) is 10.6. The fourth-order valence-corrected chi connectivity index (χ4v) is 2.29. The molecule has 0 amide bonds. The van der Waals surface area contributed by atoms with Gasteiger partial charge in [-0.15, -0.1) is 0 Å². The van der Waals surface area contributed by atoms with Crippen LogP contribution in [0.2, 0.25) is 0 Å². The smallest absolute Gasteiger partial charge is 0.139 e. The number of halogens is 1. The second-order valence-electron chi connectivity index (χ2n) is 3.00. The fraction of sp³-hybridized carbons (Fsp3) is 0.400. The van der Waals surface area contributed by atoms with E-state index in [0.717, 1.165) is 0 Å². The Labute approximate surface area is 85.2 Å². The normalized spacial score (nSPS) is 15.1. The molecule has 1 rings (SSSR count). The lowest BCUT2D eigenvalue weighted by molar-refractivity contribution is 0.194. The Balaban J connectivity index is 2.75. The van der Waals surface area contributed by atoms with Crippen LogP contribution in [-0.4, -0.2) is 21.2 Å². The molecular formula is C10H13FO2S. The number of hydrogen-bond donors (Lipinski definition) is 1. The zero-order valence-corrected chi connectivity index (χ0v) is 8.76. The van der Waals surface area contributed by atoms with Gasteiger partial charge in [-0.25, -0.2) is 4.39 Å². The molecule has 0 aliphatic heterocycles. The summed E-state index contributed by atoms with van der Waals surface area (Å²) < 4.78 is 24.7. The van der Waals surface area contributed by atoms with Gasteiger partial charge in [0.2, 0.25) is 0 Å². The van der Waals surface area contributed by atoms with Crippen LogP contribution in [0.4, 0.5) is 4.39 Å². The van der Waals surface area contributed by atoms with E-state index in [1.807, 2.05) is 0 Å². The van der Waals surface area contributed by atoms with E-state index in [-0.39, 0.29) is 10.6 Å². The minimum absolute atomic E-state index is 0.0947. The molecule has 0 aliphatic rings. The highest BCUT2D eigenvalue weighted by molar-refractivity contribution is 7.85. The van der Waals surface area contributed by atoms with Gasteiger partial charge in [0.05, 0.1) is 27.6 Å². The summed E-state index contributed by atoms with van der Waals surface area (Å²) in [7, 11) is -1.45. The average molecular weight is 216 g/mol. The van der Waals surface area contributed by atoms with Crippen LogP contribution in [-0.2, 0) is 10.8 Å². The van der Waals surface area contributed by atoms with Gasteiger partial charge in [0.15, 0.2) is 0 Å². The van der Waals surface area contributed by atoms with E-state index in [2.05, 4.69) is 0 Å². The van der Waals surface area contributed by atoms with E-state index >= 15 is 0 Å². The van der Waals surface area contributed by atoms with Gasteiger partial charge >= 0.3 is 0 Å². The predicted octanol–water partition coefficient (Wildman–Crippen LogP) is 1.70. The molecule has 0 spiro atoms. The Kier molecular flexibility index (Phi) is 4.22. The van der Waals surface area contributed by atoms with Crippen LogP contribution >= 0.6 is 0 Å². The Hall–Kier alpha value is -0.740. The molecular weight excluding hydrogens is 203 g/mol. The molecule has 0 bridgehead atoms. The second kappa shape index (κ2) is 5.22. The molecule has 2 unspecified atom stereocenters. The SMILES string of the molecule is CCC(O)CS(=O)c1ccccc1F. The van der Waals surface area contributed by atoms with Crippen molar-refractivity contribution in [2.75, 3.05) is 5.75 Å². The first-order valence-corrected chi connectivity index (χ1v) is 5.78. The molecule has 0 fully saturated rings. The van der Waals surface area contributed by atoms with Gasteiger partial charge in [0.25, 0.3) is 0 Å². The first-order valence-electron chi connectivity index (χ1n) is 4.46. The zero-order valence-electron chi connectivity index (χ0n) is 7.94. The largest absolute Gasteiger partial charge is 0.392 e. The van der Waals surface area contributed by atoms with E-state index in [1.165, 1.54) is 12.1 Å². The van der Waals surface area contributed by atoms with E-state index in [9.17, 15) is 13.7 Å².